The number of nitrogens with zero attached hydrogens (tertiary/aromatic N) is 3. The topological polar surface area (TPSA) is 73.0 Å². The van der Waals surface area contributed by atoms with Gasteiger partial charge in [0.25, 0.3) is 0 Å². The Balaban J connectivity index is 1.41. The standard InChI is InChI=1S/C23H30N4O3S/c1-17-6-4-9-22(18(17)2)25-12-14-26(15-13-25)23(28)24-21-8-5-7-19-16-27(31(3,29)30)11-10-20(19)21/h4-9H,10-16H2,1-3H3,(H,24,28). The summed E-state index contributed by atoms with van der Waals surface area (Å²) in [6, 6.07) is 12.0. The van der Waals surface area contributed by atoms with Gasteiger partial charge in [0, 0.05) is 50.6 Å². The summed E-state index contributed by atoms with van der Waals surface area (Å²) in [5.74, 6) is 0. The minimum Gasteiger partial charge on any atom is -0.368 e. The van der Waals surface area contributed by atoms with Gasteiger partial charge in [-0.25, -0.2) is 13.2 Å². The van der Waals surface area contributed by atoms with Crippen LogP contribution in [0.15, 0.2) is 36.4 Å². The van der Waals surface area contributed by atoms with E-state index in [-0.39, 0.29) is 6.03 Å². The lowest BCUT2D eigenvalue weighted by Crippen LogP contribution is -2.50. The number of nitrogens with one attached hydrogen (secondary N) is 1. The number of hydrogen-bond acceptors (Lipinski definition) is 4. The van der Waals surface area contributed by atoms with E-state index in [0.29, 0.717) is 32.6 Å². The van der Waals surface area contributed by atoms with Gasteiger partial charge in [-0.1, -0.05) is 24.3 Å². The van der Waals surface area contributed by atoms with Gasteiger partial charge in [0.1, 0.15) is 0 Å². The molecule has 2 aliphatic heterocycles. The van der Waals surface area contributed by atoms with Crippen molar-refractivity contribution >= 4 is 27.4 Å². The van der Waals surface area contributed by atoms with Crippen LogP contribution in [0, 0.1) is 13.8 Å². The smallest absolute Gasteiger partial charge is 0.321 e. The summed E-state index contributed by atoms with van der Waals surface area (Å²) in [5.41, 5.74) is 6.58. The third kappa shape index (κ3) is 4.55. The van der Waals surface area contributed by atoms with Crippen LogP contribution in [0.25, 0.3) is 0 Å². The fourth-order valence-electron chi connectivity index (χ4n) is 4.41. The molecule has 2 heterocycles. The van der Waals surface area contributed by atoms with Gasteiger partial charge in [0.15, 0.2) is 0 Å². The molecule has 2 aromatic carbocycles. The first kappa shape index (κ1) is 21.6. The van der Waals surface area contributed by atoms with Crippen molar-refractivity contribution in [2.45, 2.75) is 26.8 Å². The van der Waals surface area contributed by atoms with Crippen LogP contribution in [0.1, 0.15) is 22.3 Å². The number of carbonyl (C=O) groups excluding carboxylic acids is 1. The molecule has 0 aromatic heterocycles. The van der Waals surface area contributed by atoms with Crippen LogP contribution in [0.2, 0.25) is 0 Å². The predicted molar refractivity (Wildman–Crippen MR) is 124 cm³/mol. The molecular weight excluding hydrogens is 412 g/mol. The zero-order valence-corrected chi connectivity index (χ0v) is 19.2. The molecule has 4 rings (SSSR count). The second-order valence-electron chi connectivity index (χ2n) is 8.41. The number of benzene rings is 2. The number of fused-ring (bicyclic) bond motifs is 1. The lowest BCUT2D eigenvalue weighted by molar-refractivity contribution is 0.208. The largest absolute Gasteiger partial charge is 0.368 e. The molecule has 7 nitrogen and oxygen atoms in total. The van der Waals surface area contributed by atoms with Crippen molar-refractivity contribution in [3.8, 4) is 0 Å². The lowest BCUT2D eigenvalue weighted by atomic mass is 9.99. The van der Waals surface area contributed by atoms with Crippen LogP contribution in [-0.4, -0.2) is 62.6 Å². The van der Waals surface area contributed by atoms with Crippen LogP contribution in [0.3, 0.4) is 0 Å². The maximum Gasteiger partial charge on any atom is 0.321 e. The van der Waals surface area contributed by atoms with E-state index in [0.717, 1.165) is 29.9 Å². The maximum absolute atomic E-state index is 12.9. The molecule has 0 atom stereocenters. The van der Waals surface area contributed by atoms with E-state index in [1.165, 1.54) is 27.4 Å². The van der Waals surface area contributed by atoms with Crippen molar-refractivity contribution in [3.63, 3.8) is 0 Å². The van der Waals surface area contributed by atoms with Crippen LogP contribution >= 0.6 is 0 Å². The Morgan fingerprint density at radius 1 is 0.968 bits per heavy atom. The molecular formula is C23H30N4O3S. The van der Waals surface area contributed by atoms with Gasteiger partial charge in [-0.3, -0.25) is 0 Å². The van der Waals surface area contributed by atoms with Crippen LogP contribution in [0.5, 0.6) is 0 Å². The van der Waals surface area contributed by atoms with Crippen molar-refractivity contribution < 1.29 is 13.2 Å². The second kappa shape index (κ2) is 8.51. The quantitative estimate of drug-likeness (QED) is 0.793. The van der Waals surface area contributed by atoms with Gasteiger partial charge in [0.05, 0.1) is 6.26 Å². The number of aryl methyl sites for hydroxylation is 1. The van der Waals surface area contributed by atoms with Gasteiger partial charge in [0.2, 0.25) is 10.0 Å². The Hall–Kier alpha value is -2.58. The number of urea groups is 1. The number of hydrogen-bond donors (Lipinski definition) is 1. The summed E-state index contributed by atoms with van der Waals surface area (Å²) < 4.78 is 25.2. The summed E-state index contributed by atoms with van der Waals surface area (Å²) >= 11 is 0. The van der Waals surface area contributed by atoms with Gasteiger partial charge in [-0.2, -0.15) is 4.31 Å². The summed E-state index contributed by atoms with van der Waals surface area (Å²) in [4.78, 5) is 17.1. The minimum absolute atomic E-state index is 0.0976. The number of rotatable bonds is 3. The normalized spacial score (nSPS) is 17.4. The molecule has 1 fully saturated rings. The molecule has 1 N–H and O–H groups in total. The number of anilines is 2. The first-order chi connectivity index (χ1) is 14.7. The molecule has 2 aliphatic rings. The van der Waals surface area contributed by atoms with Crippen molar-refractivity contribution in [1.82, 2.24) is 9.21 Å². The highest BCUT2D eigenvalue weighted by Gasteiger charge is 2.27. The molecule has 31 heavy (non-hydrogen) atoms. The molecule has 0 saturated carbocycles. The van der Waals surface area contributed by atoms with Crippen LogP contribution in [-0.2, 0) is 23.0 Å². The Bertz CT molecular complexity index is 1090. The van der Waals surface area contributed by atoms with Gasteiger partial charge in [-0.15, -0.1) is 0 Å². The molecule has 2 aromatic rings. The molecule has 0 radical (unpaired) electrons. The molecule has 0 bridgehead atoms. The maximum atomic E-state index is 12.9. The third-order valence-corrected chi connectivity index (χ3v) is 7.67. The molecule has 2 amide bonds. The summed E-state index contributed by atoms with van der Waals surface area (Å²) in [6.45, 7) is 7.99. The molecule has 1 saturated heterocycles. The van der Waals surface area contributed by atoms with E-state index in [4.69, 9.17) is 0 Å². The van der Waals surface area contributed by atoms with Crippen molar-refractivity contribution in [3.05, 3.63) is 58.7 Å². The zero-order valence-electron chi connectivity index (χ0n) is 18.4. The summed E-state index contributed by atoms with van der Waals surface area (Å²) in [7, 11) is -3.22. The van der Waals surface area contributed by atoms with E-state index in [2.05, 4.69) is 42.3 Å². The average Bonchev–Trinajstić information content (AvgIpc) is 2.75. The van der Waals surface area contributed by atoms with E-state index < -0.39 is 10.0 Å². The summed E-state index contributed by atoms with van der Waals surface area (Å²) in [6.07, 6.45) is 1.83. The Morgan fingerprint density at radius 3 is 2.39 bits per heavy atom. The molecule has 166 valence electrons. The SMILES string of the molecule is Cc1cccc(N2CCN(C(=O)Nc3cccc4c3CCN(S(C)(=O)=O)C4)CC2)c1C. The Labute approximate surface area is 184 Å². The highest BCUT2D eigenvalue weighted by atomic mass is 32.2. The van der Waals surface area contributed by atoms with E-state index >= 15 is 0 Å². The number of carbonyl (C=O) groups is 1. The fraction of sp³-hybridized carbons (Fsp3) is 0.435. The average molecular weight is 443 g/mol. The summed E-state index contributed by atoms with van der Waals surface area (Å²) in [5, 5.41) is 3.07. The van der Waals surface area contributed by atoms with Gasteiger partial charge < -0.3 is 15.1 Å². The number of sulfonamides is 1. The molecule has 0 aliphatic carbocycles. The Morgan fingerprint density at radius 2 is 1.68 bits per heavy atom. The first-order valence-electron chi connectivity index (χ1n) is 10.7. The Kier molecular flexibility index (Phi) is 5.94. The van der Waals surface area contributed by atoms with E-state index in [1.807, 2.05) is 23.1 Å². The van der Waals surface area contributed by atoms with Gasteiger partial charge in [-0.05, 0) is 54.7 Å². The lowest BCUT2D eigenvalue weighted by Gasteiger charge is -2.37. The molecule has 8 heteroatoms. The van der Waals surface area contributed by atoms with Crippen molar-refractivity contribution in [2.24, 2.45) is 0 Å². The van der Waals surface area contributed by atoms with E-state index in [9.17, 15) is 13.2 Å². The van der Waals surface area contributed by atoms with E-state index in [1.54, 1.807) is 0 Å². The number of piperazine rings is 1. The number of amides is 2. The monoisotopic (exact) mass is 442 g/mol. The highest BCUT2D eigenvalue weighted by Crippen LogP contribution is 2.28. The third-order valence-electron chi connectivity index (χ3n) is 6.43. The van der Waals surface area contributed by atoms with Gasteiger partial charge >= 0.3 is 6.03 Å². The van der Waals surface area contributed by atoms with Crippen LogP contribution in [0.4, 0.5) is 16.2 Å². The van der Waals surface area contributed by atoms with Crippen molar-refractivity contribution in [2.75, 3.05) is 49.2 Å². The second-order valence-corrected chi connectivity index (χ2v) is 10.4. The highest BCUT2D eigenvalue weighted by molar-refractivity contribution is 7.88. The zero-order chi connectivity index (χ0) is 22.2. The predicted octanol–water partition coefficient (Wildman–Crippen LogP) is 2.98. The fourth-order valence-corrected chi connectivity index (χ4v) is 5.20. The molecule has 0 spiro atoms. The minimum atomic E-state index is -3.22. The van der Waals surface area contributed by atoms with Crippen LogP contribution < -0.4 is 10.2 Å². The first-order valence-corrected chi connectivity index (χ1v) is 12.5. The van der Waals surface area contributed by atoms with Crippen molar-refractivity contribution in [1.29, 1.82) is 0 Å². The molecule has 0 unspecified atom stereocenters.